The second-order valence-electron chi connectivity index (χ2n) is 4.82. The van der Waals surface area contributed by atoms with Crippen LogP contribution >= 0.6 is 22.9 Å². The maximum Gasteiger partial charge on any atom is 0.397 e. The van der Waals surface area contributed by atoms with Gasteiger partial charge in [-0.3, -0.25) is 9.35 Å². The van der Waals surface area contributed by atoms with Crippen LogP contribution in [-0.4, -0.2) is 43.9 Å². The maximum absolute atomic E-state index is 10.7. The summed E-state index contributed by atoms with van der Waals surface area (Å²) < 4.78 is 34.0. The van der Waals surface area contributed by atoms with Crippen molar-refractivity contribution < 1.29 is 21.9 Å². The molecule has 0 aliphatic rings. The molecule has 0 radical (unpaired) electrons. The van der Waals surface area contributed by atoms with E-state index in [1.807, 2.05) is 11.8 Å². The summed E-state index contributed by atoms with van der Waals surface area (Å²) >= 11 is 6.80. The van der Waals surface area contributed by atoms with Crippen molar-refractivity contribution in [1.82, 2.24) is 4.98 Å². The van der Waals surface area contributed by atoms with Gasteiger partial charge in [0.2, 0.25) is 5.13 Å². The predicted molar refractivity (Wildman–Crippen MR) is 98.5 cm³/mol. The zero-order valence-electron chi connectivity index (χ0n) is 13.6. The Morgan fingerprint density at radius 3 is 2.58 bits per heavy atom. The molecule has 1 N–H and O–H groups in total. The average molecular weight is 419 g/mol. The summed E-state index contributed by atoms with van der Waals surface area (Å²) in [6, 6.07) is 7.02. The van der Waals surface area contributed by atoms with Gasteiger partial charge in [0.05, 0.1) is 12.3 Å². The Bertz CT molecular complexity index is 883. The lowest BCUT2D eigenvalue weighted by molar-refractivity contribution is 0.112. The summed E-state index contributed by atoms with van der Waals surface area (Å²) in [4.78, 5) is 16.8. The van der Waals surface area contributed by atoms with Gasteiger partial charge in [-0.25, -0.2) is 9.17 Å². The Kier molecular flexibility index (Phi) is 7.17. The van der Waals surface area contributed by atoms with Gasteiger partial charge >= 0.3 is 10.4 Å². The van der Waals surface area contributed by atoms with Crippen LogP contribution in [0.2, 0.25) is 5.15 Å². The van der Waals surface area contributed by atoms with Crippen molar-refractivity contribution in [2.45, 2.75) is 6.92 Å². The van der Waals surface area contributed by atoms with E-state index in [1.54, 1.807) is 24.3 Å². The van der Waals surface area contributed by atoms with Crippen LogP contribution in [0, 0.1) is 0 Å². The molecule has 0 aliphatic carbocycles. The molecule has 0 saturated carbocycles. The van der Waals surface area contributed by atoms with Crippen LogP contribution in [0.5, 0.6) is 0 Å². The molecule has 0 unspecified atom stereocenters. The van der Waals surface area contributed by atoms with Crippen LogP contribution < -0.4 is 4.90 Å². The summed E-state index contributed by atoms with van der Waals surface area (Å²) in [5.74, 6) is 0. The highest BCUT2D eigenvalue weighted by molar-refractivity contribution is 7.80. The fourth-order valence-electron chi connectivity index (χ4n) is 1.97. The molecule has 1 heterocycles. The first-order valence-electron chi connectivity index (χ1n) is 7.32. The number of anilines is 1. The number of nitrogens with zero attached hydrogens (tertiary/aromatic N) is 4. The van der Waals surface area contributed by atoms with Gasteiger partial charge in [-0.1, -0.05) is 22.9 Å². The van der Waals surface area contributed by atoms with Crippen LogP contribution in [0.1, 0.15) is 16.6 Å². The number of hydrogen-bond donors (Lipinski definition) is 1. The summed E-state index contributed by atoms with van der Waals surface area (Å²) in [6.07, 6.45) is 0.610. The summed E-state index contributed by atoms with van der Waals surface area (Å²) in [7, 11) is -4.44. The second-order valence-corrected chi connectivity index (χ2v) is 7.27. The van der Waals surface area contributed by atoms with Crippen LogP contribution in [0.25, 0.3) is 0 Å². The third kappa shape index (κ3) is 6.11. The molecular weight excluding hydrogens is 404 g/mol. The molecule has 1 aromatic heterocycles. The van der Waals surface area contributed by atoms with Crippen molar-refractivity contribution in [2.24, 2.45) is 10.2 Å². The molecule has 1 aromatic carbocycles. The number of carbonyl (C=O) groups is 1. The number of thiazole rings is 1. The number of aldehydes is 1. The molecule has 12 heteroatoms. The van der Waals surface area contributed by atoms with E-state index in [0.717, 1.165) is 17.0 Å². The highest BCUT2D eigenvalue weighted by Crippen LogP contribution is 2.29. The van der Waals surface area contributed by atoms with E-state index in [2.05, 4.69) is 19.4 Å². The van der Waals surface area contributed by atoms with E-state index in [-0.39, 0.29) is 23.4 Å². The molecule has 0 amide bonds. The molecule has 0 spiro atoms. The lowest BCUT2D eigenvalue weighted by Crippen LogP contribution is -2.27. The number of halogens is 1. The summed E-state index contributed by atoms with van der Waals surface area (Å²) in [5.41, 5.74) is 1.39. The molecule has 0 fully saturated rings. The van der Waals surface area contributed by atoms with E-state index in [9.17, 15) is 13.2 Å². The zero-order valence-corrected chi connectivity index (χ0v) is 16.0. The van der Waals surface area contributed by atoms with Gasteiger partial charge < -0.3 is 4.90 Å². The quantitative estimate of drug-likeness (QED) is 0.374. The molecule has 0 saturated heterocycles. The minimum Gasteiger partial charge on any atom is -0.369 e. The number of likely N-dealkylation sites (N-methyl/N-ethyl adjacent to an activating group) is 1. The van der Waals surface area contributed by atoms with Gasteiger partial charge in [0.15, 0.2) is 11.4 Å². The lowest BCUT2D eigenvalue weighted by Gasteiger charge is -2.22. The van der Waals surface area contributed by atoms with Gasteiger partial charge in [-0.15, -0.1) is 10.2 Å². The minimum atomic E-state index is -4.44. The SMILES string of the molecule is CCN(CCOS(=O)(=O)O)c1ccc(N=Nc2nc(Cl)c(C=O)s2)cc1. The zero-order chi connectivity index (χ0) is 19.2. The average Bonchev–Trinajstić information content (AvgIpc) is 2.96. The van der Waals surface area contributed by atoms with Crippen molar-refractivity contribution in [3.63, 3.8) is 0 Å². The van der Waals surface area contributed by atoms with Crippen LogP contribution in [0.3, 0.4) is 0 Å². The molecule has 2 rings (SSSR count). The van der Waals surface area contributed by atoms with Crippen LogP contribution in [-0.2, 0) is 14.6 Å². The Labute approximate surface area is 159 Å². The van der Waals surface area contributed by atoms with Crippen molar-refractivity contribution in [3.8, 4) is 0 Å². The van der Waals surface area contributed by atoms with Crippen LogP contribution in [0.4, 0.5) is 16.5 Å². The molecule has 140 valence electrons. The fraction of sp³-hybridized carbons (Fsp3) is 0.286. The smallest absolute Gasteiger partial charge is 0.369 e. The Morgan fingerprint density at radius 2 is 2.04 bits per heavy atom. The summed E-state index contributed by atoms with van der Waals surface area (Å²) in [6.45, 7) is 2.63. The monoisotopic (exact) mass is 418 g/mol. The number of aromatic nitrogens is 1. The molecule has 9 nitrogen and oxygen atoms in total. The van der Waals surface area contributed by atoms with E-state index in [1.165, 1.54) is 0 Å². The molecule has 0 aliphatic heterocycles. The predicted octanol–water partition coefficient (Wildman–Crippen LogP) is 3.67. The van der Waals surface area contributed by atoms with Gasteiger partial charge in [-0.2, -0.15) is 8.42 Å². The molecule has 0 atom stereocenters. The first-order chi connectivity index (χ1) is 12.3. The molecule has 0 bridgehead atoms. The van der Waals surface area contributed by atoms with Gasteiger partial charge in [0.1, 0.15) is 4.88 Å². The third-order valence-electron chi connectivity index (χ3n) is 3.15. The highest BCUT2D eigenvalue weighted by Gasteiger charge is 2.09. The van der Waals surface area contributed by atoms with E-state index >= 15 is 0 Å². The summed E-state index contributed by atoms with van der Waals surface area (Å²) in [5, 5.41) is 8.34. The van der Waals surface area contributed by atoms with Gasteiger partial charge in [0, 0.05) is 18.8 Å². The second kappa shape index (κ2) is 9.14. The third-order valence-corrected chi connectivity index (χ3v) is 4.88. The number of benzene rings is 1. The van der Waals surface area contributed by atoms with E-state index in [4.69, 9.17) is 16.2 Å². The molecule has 2 aromatic rings. The number of carbonyl (C=O) groups excluding carboxylic acids is 1. The highest BCUT2D eigenvalue weighted by atomic mass is 35.5. The molecular formula is C14H15ClN4O5S2. The Balaban J connectivity index is 2.01. The number of azo groups is 1. The Hall–Kier alpha value is -1.92. The number of rotatable bonds is 9. The van der Waals surface area contributed by atoms with Crippen LogP contribution in [0.15, 0.2) is 34.5 Å². The van der Waals surface area contributed by atoms with E-state index < -0.39 is 10.4 Å². The lowest BCUT2D eigenvalue weighted by atomic mass is 10.2. The van der Waals surface area contributed by atoms with Crippen molar-refractivity contribution in [2.75, 3.05) is 24.6 Å². The van der Waals surface area contributed by atoms with Crippen molar-refractivity contribution in [1.29, 1.82) is 0 Å². The van der Waals surface area contributed by atoms with Gasteiger partial charge in [0.25, 0.3) is 0 Å². The molecule has 26 heavy (non-hydrogen) atoms. The van der Waals surface area contributed by atoms with Crippen molar-refractivity contribution in [3.05, 3.63) is 34.3 Å². The largest absolute Gasteiger partial charge is 0.397 e. The minimum absolute atomic E-state index is 0.0972. The topological polar surface area (TPSA) is 122 Å². The Morgan fingerprint density at radius 1 is 1.35 bits per heavy atom. The normalized spacial score (nSPS) is 11.8. The standard InChI is InChI=1S/C14H15ClN4O5S2/c1-2-19(7-8-24-26(21,22)23)11-5-3-10(4-6-11)17-18-14-16-13(15)12(9-20)25-14/h3-6,9H,2,7-8H2,1H3,(H,21,22,23). The first-order valence-corrected chi connectivity index (χ1v) is 9.88. The van der Waals surface area contributed by atoms with E-state index in [0.29, 0.717) is 23.4 Å². The maximum atomic E-state index is 10.7. The van der Waals surface area contributed by atoms with Crippen molar-refractivity contribution >= 4 is 56.1 Å². The van der Waals surface area contributed by atoms with Gasteiger partial charge in [-0.05, 0) is 31.2 Å². The number of hydrogen-bond acceptors (Lipinski definition) is 9. The fourth-order valence-corrected chi connectivity index (χ4v) is 3.14. The first kappa shape index (κ1) is 20.4.